The van der Waals surface area contributed by atoms with Crippen molar-refractivity contribution in [2.75, 3.05) is 5.32 Å². The summed E-state index contributed by atoms with van der Waals surface area (Å²) >= 11 is 0. The first-order chi connectivity index (χ1) is 10.5. The number of halogens is 3. The monoisotopic (exact) mass is 306 g/mol. The van der Waals surface area contributed by atoms with Crippen molar-refractivity contribution in [3.63, 3.8) is 0 Å². The molecule has 5 nitrogen and oxygen atoms in total. The van der Waals surface area contributed by atoms with E-state index in [2.05, 4.69) is 15.5 Å². The van der Waals surface area contributed by atoms with Gasteiger partial charge < -0.3 is 0 Å². The molecule has 1 aromatic carbocycles. The highest BCUT2D eigenvalue weighted by Crippen LogP contribution is 2.32. The van der Waals surface area contributed by atoms with Crippen LogP contribution in [0.1, 0.15) is 15.9 Å². The maximum atomic E-state index is 12.9. The minimum Gasteiger partial charge on any atom is -0.290 e. The number of carbonyl (C=O) groups is 1. The predicted molar refractivity (Wildman–Crippen MR) is 72.4 cm³/mol. The Bertz CT molecular complexity index is 841. The number of benzene rings is 1. The Kier molecular flexibility index (Phi) is 3.28. The van der Waals surface area contributed by atoms with E-state index in [0.717, 1.165) is 12.1 Å². The number of nitrogens with one attached hydrogen (secondary N) is 1. The van der Waals surface area contributed by atoms with E-state index >= 15 is 0 Å². The molecule has 2 heterocycles. The number of aromatic nitrogens is 3. The first-order valence-corrected chi connectivity index (χ1v) is 6.24. The molecule has 0 spiro atoms. The van der Waals surface area contributed by atoms with Gasteiger partial charge in [-0.3, -0.25) is 14.5 Å². The van der Waals surface area contributed by atoms with Crippen LogP contribution in [-0.2, 0) is 6.18 Å². The van der Waals surface area contributed by atoms with Crippen molar-refractivity contribution in [2.45, 2.75) is 6.18 Å². The van der Waals surface area contributed by atoms with Crippen molar-refractivity contribution < 1.29 is 18.0 Å². The molecular weight excluding hydrogens is 297 g/mol. The molecule has 2 aromatic heterocycles. The molecule has 0 radical (unpaired) electrons. The van der Waals surface area contributed by atoms with Crippen molar-refractivity contribution in [3.8, 4) is 0 Å². The molecule has 0 aliphatic heterocycles. The summed E-state index contributed by atoms with van der Waals surface area (Å²) in [6, 6.07) is 9.65. The molecular formula is C14H9F3N4O. The summed E-state index contributed by atoms with van der Waals surface area (Å²) in [4.78, 5) is 12.1. The van der Waals surface area contributed by atoms with E-state index in [-0.39, 0.29) is 5.95 Å². The second kappa shape index (κ2) is 5.14. The van der Waals surface area contributed by atoms with Gasteiger partial charge in [0.1, 0.15) is 0 Å². The van der Waals surface area contributed by atoms with Crippen LogP contribution in [0.25, 0.3) is 5.65 Å². The molecule has 22 heavy (non-hydrogen) atoms. The molecule has 0 atom stereocenters. The Labute approximate surface area is 122 Å². The minimum absolute atomic E-state index is 0.0533. The summed E-state index contributed by atoms with van der Waals surface area (Å²) in [6.07, 6.45) is -3.01. The lowest BCUT2D eigenvalue weighted by Gasteiger charge is -2.11. The number of hydrogen-bond acceptors (Lipinski definition) is 3. The van der Waals surface area contributed by atoms with Gasteiger partial charge >= 0.3 is 6.18 Å². The van der Waals surface area contributed by atoms with Gasteiger partial charge in [-0.05, 0) is 24.3 Å². The number of amides is 1. The van der Waals surface area contributed by atoms with Crippen LogP contribution in [0.5, 0.6) is 0 Å². The van der Waals surface area contributed by atoms with E-state index in [1.54, 1.807) is 24.4 Å². The maximum absolute atomic E-state index is 12.9. The quantitative estimate of drug-likeness (QED) is 0.792. The third kappa shape index (κ3) is 2.50. The molecule has 0 saturated carbocycles. The molecule has 0 saturated heterocycles. The number of pyridine rings is 1. The number of rotatable bonds is 2. The molecule has 1 amide bonds. The van der Waals surface area contributed by atoms with Crippen molar-refractivity contribution in [1.82, 2.24) is 14.6 Å². The third-order valence-corrected chi connectivity index (χ3v) is 3.02. The lowest BCUT2D eigenvalue weighted by molar-refractivity contribution is -0.137. The highest BCUT2D eigenvalue weighted by Gasteiger charge is 2.35. The molecule has 8 heteroatoms. The van der Waals surface area contributed by atoms with Gasteiger partial charge in [0.25, 0.3) is 5.91 Å². The van der Waals surface area contributed by atoms with Crippen molar-refractivity contribution in [3.05, 3.63) is 59.8 Å². The van der Waals surface area contributed by atoms with Crippen LogP contribution in [-0.4, -0.2) is 20.5 Å². The van der Waals surface area contributed by atoms with Crippen LogP contribution in [0.4, 0.5) is 19.1 Å². The standard InChI is InChI=1S/C14H9F3N4O/c15-14(16,17)10-6-2-1-5-9(10)12(22)18-13-20-19-11-7-3-4-8-21(11)13/h1-8H,(H,18,20,22). The average molecular weight is 306 g/mol. The van der Waals surface area contributed by atoms with Gasteiger partial charge in [-0.2, -0.15) is 13.2 Å². The van der Waals surface area contributed by atoms with Crippen molar-refractivity contribution in [2.24, 2.45) is 0 Å². The van der Waals surface area contributed by atoms with Gasteiger partial charge in [-0.1, -0.05) is 18.2 Å². The molecule has 1 N–H and O–H groups in total. The summed E-state index contributed by atoms with van der Waals surface area (Å²) in [5, 5.41) is 9.91. The lowest BCUT2D eigenvalue weighted by atomic mass is 10.1. The number of anilines is 1. The first-order valence-electron chi connectivity index (χ1n) is 6.24. The van der Waals surface area contributed by atoms with Crippen molar-refractivity contribution >= 4 is 17.5 Å². The molecule has 0 unspecified atom stereocenters. The Balaban J connectivity index is 1.96. The van der Waals surface area contributed by atoms with Crippen LogP contribution in [0, 0.1) is 0 Å². The second-order valence-corrected chi connectivity index (χ2v) is 4.45. The summed E-state index contributed by atoms with van der Waals surface area (Å²) in [6.45, 7) is 0. The Hall–Kier alpha value is -2.90. The fourth-order valence-electron chi connectivity index (χ4n) is 2.02. The zero-order valence-corrected chi connectivity index (χ0v) is 11.0. The third-order valence-electron chi connectivity index (χ3n) is 3.02. The fourth-order valence-corrected chi connectivity index (χ4v) is 2.02. The maximum Gasteiger partial charge on any atom is 0.417 e. The molecule has 3 rings (SSSR count). The summed E-state index contributed by atoms with van der Waals surface area (Å²) in [5.74, 6) is -0.844. The van der Waals surface area contributed by atoms with E-state index in [4.69, 9.17) is 0 Å². The van der Waals surface area contributed by atoms with E-state index in [0.29, 0.717) is 5.65 Å². The number of hydrogen-bond donors (Lipinski definition) is 1. The van der Waals surface area contributed by atoms with Crippen LogP contribution in [0.3, 0.4) is 0 Å². The van der Waals surface area contributed by atoms with E-state index in [1.807, 2.05) is 0 Å². The van der Waals surface area contributed by atoms with Gasteiger partial charge in [0, 0.05) is 6.20 Å². The van der Waals surface area contributed by atoms with Crippen LogP contribution in [0.2, 0.25) is 0 Å². The first kappa shape index (κ1) is 14.1. The Morgan fingerprint density at radius 2 is 1.77 bits per heavy atom. The zero-order chi connectivity index (χ0) is 15.7. The van der Waals surface area contributed by atoms with Gasteiger partial charge in [-0.15, -0.1) is 10.2 Å². The fraction of sp³-hybridized carbons (Fsp3) is 0.0714. The summed E-state index contributed by atoms with van der Waals surface area (Å²) in [5.41, 5.74) is -0.995. The predicted octanol–water partition coefficient (Wildman–Crippen LogP) is 3.00. The Morgan fingerprint density at radius 3 is 2.55 bits per heavy atom. The van der Waals surface area contributed by atoms with Gasteiger partial charge in [0.2, 0.25) is 5.95 Å². The molecule has 0 aliphatic rings. The number of fused-ring (bicyclic) bond motifs is 1. The van der Waals surface area contributed by atoms with Crippen molar-refractivity contribution in [1.29, 1.82) is 0 Å². The van der Waals surface area contributed by atoms with Crippen LogP contribution < -0.4 is 5.32 Å². The number of alkyl halides is 3. The summed E-state index contributed by atoms with van der Waals surface area (Å²) in [7, 11) is 0. The van der Waals surface area contributed by atoms with Gasteiger partial charge in [-0.25, -0.2) is 0 Å². The topological polar surface area (TPSA) is 59.3 Å². The normalized spacial score (nSPS) is 11.6. The van der Waals surface area contributed by atoms with Gasteiger partial charge in [0.05, 0.1) is 11.1 Å². The molecule has 0 fully saturated rings. The molecule has 0 bridgehead atoms. The molecule has 112 valence electrons. The average Bonchev–Trinajstić information content (AvgIpc) is 2.90. The molecule has 0 aliphatic carbocycles. The van der Waals surface area contributed by atoms with E-state index in [9.17, 15) is 18.0 Å². The Morgan fingerprint density at radius 1 is 1.05 bits per heavy atom. The van der Waals surface area contributed by atoms with E-state index < -0.39 is 23.2 Å². The largest absolute Gasteiger partial charge is 0.417 e. The minimum atomic E-state index is -4.61. The summed E-state index contributed by atoms with van der Waals surface area (Å²) < 4.78 is 40.2. The SMILES string of the molecule is O=C(Nc1nnc2ccccn12)c1ccccc1C(F)(F)F. The van der Waals surface area contributed by atoms with Crippen LogP contribution in [0.15, 0.2) is 48.7 Å². The number of carbonyl (C=O) groups excluding carboxylic acids is 1. The smallest absolute Gasteiger partial charge is 0.290 e. The molecule has 3 aromatic rings. The highest BCUT2D eigenvalue weighted by atomic mass is 19.4. The lowest BCUT2D eigenvalue weighted by Crippen LogP contribution is -2.19. The van der Waals surface area contributed by atoms with Crippen LogP contribution >= 0.6 is 0 Å². The second-order valence-electron chi connectivity index (χ2n) is 4.45. The van der Waals surface area contributed by atoms with E-state index in [1.165, 1.54) is 16.5 Å². The zero-order valence-electron chi connectivity index (χ0n) is 11.0. The number of nitrogens with zero attached hydrogens (tertiary/aromatic N) is 3. The van der Waals surface area contributed by atoms with Gasteiger partial charge in [0.15, 0.2) is 5.65 Å². The highest BCUT2D eigenvalue weighted by molar-refractivity contribution is 6.04.